The lowest BCUT2D eigenvalue weighted by molar-refractivity contribution is -0.138. The van der Waals surface area contributed by atoms with Gasteiger partial charge in [-0.3, -0.25) is 0 Å². The summed E-state index contributed by atoms with van der Waals surface area (Å²) in [5.74, 6) is -0.00939. The third-order valence-corrected chi connectivity index (χ3v) is 6.13. The Bertz CT molecular complexity index is 915. The molecule has 1 fully saturated rings. The van der Waals surface area contributed by atoms with Gasteiger partial charge in [0.25, 0.3) is 0 Å². The van der Waals surface area contributed by atoms with Crippen molar-refractivity contribution in [2.45, 2.75) is 77.6 Å². The first-order chi connectivity index (χ1) is 14.8. The van der Waals surface area contributed by atoms with E-state index in [-0.39, 0.29) is 12.5 Å². The van der Waals surface area contributed by atoms with Crippen LogP contribution in [-0.4, -0.2) is 5.71 Å². The first-order valence-corrected chi connectivity index (χ1v) is 11.0. The van der Waals surface area contributed by atoms with Gasteiger partial charge in [-0.05, 0) is 72.1 Å². The molecule has 0 spiro atoms. The van der Waals surface area contributed by atoms with E-state index in [2.05, 4.69) is 12.1 Å². The largest absolute Gasteiger partial charge is 0.416 e. The van der Waals surface area contributed by atoms with Crippen LogP contribution >= 0.6 is 0 Å². The van der Waals surface area contributed by atoms with Crippen molar-refractivity contribution < 1.29 is 18.0 Å². The summed E-state index contributed by atoms with van der Waals surface area (Å²) in [4.78, 5) is 5.41. The van der Waals surface area contributed by atoms with Crippen LogP contribution in [0.2, 0.25) is 0 Å². The number of halogens is 3. The molecule has 0 heterocycles. The lowest BCUT2D eigenvalue weighted by Gasteiger charge is -2.25. The summed E-state index contributed by atoms with van der Waals surface area (Å²) < 4.78 is 41.1. The second-order valence-corrected chi connectivity index (χ2v) is 8.25. The molecular weight excluding hydrogens is 401 g/mol. The van der Waals surface area contributed by atoms with Gasteiger partial charge in [-0.2, -0.15) is 13.2 Å². The summed E-state index contributed by atoms with van der Waals surface area (Å²) in [5.41, 5.74) is 9.95. The van der Waals surface area contributed by atoms with Crippen molar-refractivity contribution >= 4 is 5.71 Å². The smallest absolute Gasteiger partial charge is 0.391 e. The number of benzene rings is 2. The molecule has 1 aliphatic rings. The standard InChI is InChI=1S/C25H31F3N2O/c1-3-19-14-21(10-11-22(19)15-29)17(2)30-31-16-18-9-12-23(20-7-5-4-6-8-20)24(13-18)25(26,27)28/h9-14,20H,3-8,15-16,29H2,1-2H3/b30-17+. The van der Waals surface area contributed by atoms with E-state index in [1.807, 2.05) is 25.1 Å². The van der Waals surface area contributed by atoms with Crippen molar-refractivity contribution in [2.24, 2.45) is 10.9 Å². The van der Waals surface area contributed by atoms with Gasteiger partial charge in [0.2, 0.25) is 0 Å². The number of nitrogens with two attached hydrogens (primary N) is 1. The molecule has 0 amide bonds. The Labute approximate surface area is 182 Å². The number of hydrogen-bond donors (Lipinski definition) is 1. The fourth-order valence-electron chi connectivity index (χ4n) is 4.34. The molecule has 2 aromatic rings. The minimum absolute atomic E-state index is 0.00706. The van der Waals surface area contributed by atoms with Crippen molar-refractivity contribution in [3.8, 4) is 0 Å². The van der Waals surface area contributed by atoms with Crippen LogP contribution in [0.5, 0.6) is 0 Å². The van der Waals surface area contributed by atoms with Crippen LogP contribution < -0.4 is 5.73 Å². The quantitative estimate of drug-likeness (QED) is 0.390. The monoisotopic (exact) mass is 432 g/mol. The number of alkyl halides is 3. The number of aryl methyl sites for hydroxylation is 1. The summed E-state index contributed by atoms with van der Waals surface area (Å²) in [5, 5.41) is 4.13. The van der Waals surface area contributed by atoms with E-state index in [9.17, 15) is 13.2 Å². The van der Waals surface area contributed by atoms with Crippen molar-refractivity contribution in [1.29, 1.82) is 0 Å². The third-order valence-electron chi connectivity index (χ3n) is 6.13. The van der Waals surface area contributed by atoms with Gasteiger partial charge >= 0.3 is 6.18 Å². The van der Waals surface area contributed by atoms with Gasteiger partial charge in [0.15, 0.2) is 0 Å². The molecule has 0 radical (unpaired) electrons. The second kappa shape index (κ2) is 10.3. The molecule has 31 heavy (non-hydrogen) atoms. The van der Waals surface area contributed by atoms with E-state index in [4.69, 9.17) is 10.6 Å². The van der Waals surface area contributed by atoms with Crippen molar-refractivity contribution in [2.75, 3.05) is 0 Å². The van der Waals surface area contributed by atoms with Gasteiger partial charge in [-0.1, -0.05) is 55.6 Å². The van der Waals surface area contributed by atoms with Crippen LogP contribution in [0.25, 0.3) is 0 Å². The predicted molar refractivity (Wildman–Crippen MR) is 118 cm³/mol. The summed E-state index contributed by atoms with van der Waals surface area (Å²) in [6.07, 6.45) is 1.23. The number of rotatable bonds is 7. The molecule has 3 nitrogen and oxygen atoms in total. The van der Waals surface area contributed by atoms with Crippen LogP contribution in [0.4, 0.5) is 13.2 Å². The Kier molecular flexibility index (Phi) is 7.76. The maximum Gasteiger partial charge on any atom is 0.416 e. The Morgan fingerprint density at radius 1 is 1.06 bits per heavy atom. The Balaban J connectivity index is 1.74. The van der Waals surface area contributed by atoms with Crippen molar-refractivity contribution in [3.05, 3.63) is 69.8 Å². The zero-order valence-corrected chi connectivity index (χ0v) is 18.3. The van der Waals surface area contributed by atoms with E-state index in [1.54, 1.807) is 12.1 Å². The predicted octanol–water partition coefficient (Wildman–Crippen LogP) is 6.72. The first kappa shape index (κ1) is 23.3. The molecule has 1 saturated carbocycles. The van der Waals surface area contributed by atoms with Crippen molar-refractivity contribution in [3.63, 3.8) is 0 Å². The highest BCUT2D eigenvalue weighted by atomic mass is 19.4. The zero-order chi connectivity index (χ0) is 22.4. The van der Waals surface area contributed by atoms with E-state index < -0.39 is 11.7 Å². The fourth-order valence-corrected chi connectivity index (χ4v) is 4.34. The van der Waals surface area contributed by atoms with Crippen LogP contribution in [0.3, 0.4) is 0 Å². The van der Waals surface area contributed by atoms with E-state index in [0.717, 1.165) is 55.2 Å². The molecule has 168 valence electrons. The highest BCUT2D eigenvalue weighted by Gasteiger charge is 2.35. The average molecular weight is 433 g/mol. The first-order valence-electron chi connectivity index (χ1n) is 11.0. The molecule has 0 unspecified atom stereocenters. The number of hydrogen-bond acceptors (Lipinski definition) is 3. The van der Waals surface area contributed by atoms with Crippen LogP contribution in [0.1, 0.15) is 85.3 Å². The topological polar surface area (TPSA) is 47.6 Å². The summed E-state index contributed by atoms with van der Waals surface area (Å²) >= 11 is 0. The molecule has 0 saturated heterocycles. The molecule has 0 atom stereocenters. The van der Waals surface area contributed by atoms with Crippen LogP contribution in [-0.2, 0) is 30.6 Å². The van der Waals surface area contributed by atoms with E-state index in [0.29, 0.717) is 23.4 Å². The lowest BCUT2D eigenvalue weighted by atomic mass is 9.81. The lowest BCUT2D eigenvalue weighted by Crippen LogP contribution is -2.15. The molecule has 0 aliphatic heterocycles. The zero-order valence-electron chi connectivity index (χ0n) is 18.3. The molecule has 0 aromatic heterocycles. The van der Waals surface area contributed by atoms with Gasteiger partial charge < -0.3 is 10.6 Å². The van der Waals surface area contributed by atoms with Gasteiger partial charge in [-0.25, -0.2) is 0 Å². The van der Waals surface area contributed by atoms with Gasteiger partial charge in [-0.15, -0.1) is 0 Å². The van der Waals surface area contributed by atoms with E-state index in [1.165, 1.54) is 6.07 Å². The average Bonchev–Trinajstić information content (AvgIpc) is 2.78. The molecule has 2 N–H and O–H groups in total. The maximum atomic E-state index is 13.7. The number of oxime groups is 1. The summed E-state index contributed by atoms with van der Waals surface area (Å²) in [7, 11) is 0. The minimum Gasteiger partial charge on any atom is -0.391 e. The molecule has 0 bridgehead atoms. The number of nitrogens with zero attached hydrogens (tertiary/aromatic N) is 1. The van der Waals surface area contributed by atoms with Crippen LogP contribution in [0.15, 0.2) is 41.6 Å². The fraction of sp³-hybridized carbons (Fsp3) is 0.480. The van der Waals surface area contributed by atoms with Gasteiger partial charge in [0.1, 0.15) is 6.61 Å². The second-order valence-electron chi connectivity index (χ2n) is 8.25. The molecule has 6 heteroatoms. The van der Waals surface area contributed by atoms with Gasteiger partial charge in [0, 0.05) is 6.54 Å². The highest BCUT2D eigenvalue weighted by Crippen LogP contribution is 2.41. The Morgan fingerprint density at radius 2 is 1.81 bits per heavy atom. The van der Waals surface area contributed by atoms with E-state index >= 15 is 0 Å². The minimum atomic E-state index is -4.37. The van der Waals surface area contributed by atoms with Crippen LogP contribution in [0, 0.1) is 0 Å². The molecule has 1 aliphatic carbocycles. The van der Waals surface area contributed by atoms with Crippen molar-refractivity contribution in [1.82, 2.24) is 0 Å². The SMILES string of the molecule is CCc1cc(/C(C)=N/OCc2ccc(C3CCCCC3)c(C(F)(F)F)c2)ccc1CN. The highest BCUT2D eigenvalue weighted by molar-refractivity contribution is 5.98. The molecule has 3 rings (SSSR count). The molecular formula is C25H31F3N2O. The Morgan fingerprint density at radius 3 is 2.45 bits per heavy atom. The van der Waals surface area contributed by atoms with Gasteiger partial charge in [0.05, 0.1) is 11.3 Å². The summed E-state index contributed by atoms with van der Waals surface area (Å²) in [6, 6.07) is 10.5. The molecule has 2 aromatic carbocycles. The normalized spacial score (nSPS) is 15.9. The third kappa shape index (κ3) is 5.88. The maximum absolute atomic E-state index is 13.7. The summed E-state index contributed by atoms with van der Waals surface area (Å²) in [6.45, 7) is 4.36. The Hall–Kier alpha value is -2.34.